The van der Waals surface area contributed by atoms with E-state index in [9.17, 15) is 14.9 Å². The minimum absolute atomic E-state index is 0.125. The van der Waals surface area contributed by atoms with E-state index in [0.717, 1.165) is 0 Å². The molecular formula is C10H14N4O5. The van der Waals surface area contributed by atoms with E-state index < -0.39 is 16.9 Å². The average molecular weight is 270 g/mol. The number of nitrogens with zero attached hydrogens (tertiary/aromatic N) is 4. The van der Waals surface area contributed by atoms with Gasteiger partial charge in [-0.3, -0.25) is 14.8 Å². The number of carbonyl (C=O) groups excluding carboxylic acids is 1. The largest absolute Gasteiger partial charge is 0.467 e. The van der Waals surface area contributed by atoms with Gasteiger partial charge in [0, 0.05) is 13.6 Å². The Morgan fingerprint density at radius 2 is 2.42 bits per heavy atom. The predicted molar refractivity (Wildman–Crippen MR) is 63.8 cm³/mol. The lowest BCUT2D eigenvalue weighted by Gasteiger charge is -2.33. The van der Waals surface area contributed by atoms with E-state index in [2.05, 4.69) is 9.84 Å². The maximum Gasteiger partial charge on any atom is 0.330 e. The summed E-state index contributed by atoms with van der Waals surface area (Å²) in [6.07, 6.45) is 1.30. The van der Waals surface area contributed by atoms with Crippen molar-refractivity contribution >= 4 is 17.5 Å². The van der Waals surface area contributed by atoms with Crippen molar-refractivity contribution in [3.8, 4) is 0 Å². The Bertz CT molecular complexity index is 500. The summed E-state index contributed by atoms with van der Waals surface area (Å²) in [5.74, 6) is -0.342. The van der Waals surface area contributed by atoms with Crippen LogP contribution in [0.1, 0.15) is 0 Å². The fourth-order valence-electron chi connectivity index (χ4n) is 1.99. The zero-order chi connectivity index (χ0) is 14.0. The lowest BCUT2D eigenvalue weighted by atomic mass is 10.2. The van der Waals surface area contributed by atoms with Crippen LogP contribution in [-0.2, 0) is 21.3 Å². The van der Waals surface area contributed by atoms with Gasteiger partial charge in [0.05, 0.1) is 25.2 Å². The number of aromatic nitrogens is 2. The fourth-order valence-corrected chi connectivity index (χ4v) is 1.99. The third-order valence-electron chi connectivity index (χ3n) is 2.86. The van der Waals surface area contributed by atoms with Crippen LogP contribution in [-0.4, -0.2) is 53.6 Å². The molecule has 0 N–H and O–H groups in total. The molecule has 104 valence electrons. The van der Waals surface area contributed by atoms with Crippen molar-refractivity contribution in [2.75, 3.05) is 31.8 Å². The van der Waals surface area contributed by atoms with Crippen molar-refractivity contribution in [1.29, 1.82) is 0 Å². The Morgan fingerprint density at radius 3 is 3.05 bits per heavy atom. The first-order valence-electron chi connectivity index (χ1n) is 5.65. The average Bonchev–Trinajstić information content (AvgIpc) is 2.80. The van der Waals surface area contributed by atoms with Crippen LogP contribution in [0.5, 0.6) is 0 Å². The molecule has 9 nitrogen and oxygen atoms in total. The quantitative estimate of drug-likeness (QED) is 0.422. The van der Waals surface area contributed by atoms with E-state index in [1.54, 1.807) is 11.9 Å². The number of hydrogen-bond donors (Lipinski definition) is 0. The Balaban J connectivity index is 2.37. The van der Waals surface area contributed by atoms with Crippen LogP contribution in [0.4, 0.5) is 11.5 Å². The number of anilines is 1. The topological polar surface area (TPSA) is 99.7 Å². The van der Waals surface area contributed by atoms with Gasteiger partial charge in [0.25, 0.3) is 0 Å². The molecule has 1 aromatic rings. The normalized spacial score (nSPS) is 19.3. The van der Waals surface area contributed by atoms with E-state index >= 15 is 0 Å². The molecular weight excluding hydrogens is 256 g/mol. The molecule has 0 bridgehead atoms. The Hall–Kier alpha value is -2.16. The molecule has 0 radical (unpaired) electrons. The summed E-state index contributed by atoms with van der Waals surface area (Å²) in [6, 6.07) is -0.715. The highest BCUT2D eigenvalue weighted by atomic mass is 16.6. The van der Waals surface area contributed by atoms with Crippen molar-refractivity contribution in [2.45, 2.75) is 6.04 Å². The highest BCUT2D eigenvalue weighted by Crippen LogP contribution is 2.28. The third kappa shape index (κ3) is 2.50. The molecule has 1 atom stereocenters. The van der Waals surface area contributed by atoms with Crippen LogP contribution in [0.2, 0.25) is 0 Å². The summed E-state index contributed by atoms with van der Waals surface area (Å²) in [4.78, 5) is 23.7. The van der Waals surface area contributed by atoms with Gasteiger partial charge < -0.3 is 14.4 Å². The summed E-state index contributed by atoms with van der Waals surface area (Å²) in [5, 5.41) is 15.1. The maximum atomic E-state index is 11.7. The molecule has 19 heavy (non-hydrogen) atoms. The molecule has 0 aromatic carbocycles. The number of aryl methyl sites for hydroxylation is 1. The number of rotatable bonds is 3. The molecule has 0 saturated carbocycles. The molecule has 0 spiro atoms. The van der Waals surface area contributed by atoms with E-state index in [4.69, 9.17) is 4.74 Å². The van der Waals surface area contributed by atoms with Crippen LogP contribution in [0.15, 0.2) is 6.20 Å². The SMILES string of the molecule is COC(=O)C1COCCN1c1nn(C)cc1[N+](=O)[O-]. The molecule has 9 heteroatoms. The number of ether oxygens (including phenoxy) is 2. The summed E-state index contributed by atoms with van der Waals surface area (Å²) in [5.41, 5.74) is -0.140. The summed E-state index contributed by atoms with van der Waals surface area (Å²) in [7, 11) is 2.85. The zero-order valence-corrected chi connectivity index (χ0v) is 10.6. The molecule has 1 aliphatic heterocycles. The second-order valence-corrected chi connectivity index (χ2v) is 4.08. The van der Waals surface area contributed by atoms with Gasteiger partial charge in [-0.25, -0.2) is 4.79 Å². The molecule has 1 unspecified atom stereocenters. The van der Waals surface area contributed by atoms with E-state index in [-0.39, 0.29) is 18.1 Å². The number of carbonyl (C=O) groups is 1. The molecule has 2 heterocycles. The van der Waals surface area contributed by atoms with Gasteiger partial charge in [-0.1, -0.05) is 0 Å². The van der Waals surface area contributed by atoms with Gasteiger partial charge in [-0.2, -0.15) is 0 Å². The highest BCUT2D eigenvalue weighted by Gasteiger charge is 2.36. The molecule has 1 saturated heterocycles. The lowest BCUT2D eigenvalue weighted by Crippen LogP contribution is -2.51. The van der Waals surface area contributed by atoms with Crippen molar-refractivity contribution in [2.24, 2.45) is 7.05 Å². The summed E-state index contributed by atoms with van der Waals surface area (Å²) >= 11 is 0. The first-order chi connectivity index (χ1) is 9.04. The zero-order valence-electron chi connectivity index (χ0n) is 10.6. The lowest BCUT2D eigenvalue weighted by molar-refractivity contribution is -0.384. The van der Waals surface area contributed by atoms with E-state index in [1.807, 2.05) is 0 Å². The van der Waals surface area contributed by atoms with Crippen LogP contribution in [0, 0.1) is 10.1 Å². The number of esters is 1. The van der Waals surface area contributed by atoms with Gasteiger partial charge in [0.15, 0.2) is 6.04 Å². The van der Waals surface area contributed by atoms with Crippen molar-refractivity contribution in [1.82, 2.24) is 9.78 Å². The standard InChI is InChI=1S/C10H14N4O5/c1-12-5-7(14(16)17)9(11-12)13-3-4-19-6-8(13)10(15)18-2/h5,8H,3-4,6H2,1-2H3. The van der Waals surface area contributed by atoms with E-state index in [0.29, 0.717) is 13.2 Å². The summed E-state index contributed by atoms with van der Waals surface area (Å²) in [6.45, 7) is 0.846. The second-order valence-electron chi connectivity index (χ2n) is 4.08. The van der Waals surface area contributed by atoms with Crippen molar-refractivity contribution in [3.63, 3.8) is 0 Å². The molecule has 1 aliphatic rings. The minimum Gasteiger partial charge on any atom is -0.467 e. The third-order valence-corrected chi connectivity index (χ3v) is 2.86. The van der Waals surface area contributed by atoms with E-state index in [1.165, 1.54) is 18.0 Å². The molecule has 1 fully saturated rings. The number of methoxy groups -OCH3 is 1. The van der Waals surface area contributed by atoms with Gasteiger partial charge >= 0.3 is 11.7 Å². The van der Waals surface area contributed by atoms with Crippen LogP contribution in [0.25, 0.3) is 0 Å². The molecule has 0 aliphatic carbocycles. The minimum atomic E-state index is -0.715. The first kappa shape index (κ1) is 13.3. The Kier molecular flexibility index (Phi) is 3.65. The Labute approximate surface area is 108 Å². The Morgan fingerprint density at radius 1 is 1.68 bits per heavy atom. The number of morpholine rings is 1. The number of nitro groups is 1. The number of hydrogen-bond acceptors (Lipinski definition) is 7. The summed E-state index contributed by atoms with van der Waals surface area (Å²) < 4.78 is 11.2. The van der Waals surface area contributed by atoms with Gasteiger partial charge in [0.2, 0.25) is 5.82 Å². The highest BCUT2D eigenvalue weighted by molar-refractivity contribution is 5.81. The van der Waals surface area contributed by atoms with Crippen molar-refractivity contribution < 1.29 is 19.2 Å². The van der Waals surface area contributed by atoms with Gasteiger partial charge in [-0.15, -0.1) is 5.10 Å². The molecule has 1 aromatic heterocycles. The fraction of sp³-hybridized carbons (Fsp3) is 0.600. The van der Waals surface area contributed by atoms with Crippen LogP contribution >= 0.6 is 0 Å². The maximum absolute atomic E-state index is 11.7. The van der Waals surface area contributed by atoms with Crippen LogP contribution in [0.3, 0.4) is 0 Å². The smallest absolute Gasteiger partial charge is 0.330 e. The molecule has 2 rings (SSSR count). The van der Waals surface area contributed by atoms with Gasteiger partial charge in [-0.05, 0) is 0 Å². The van der Waals surface area contributed by atoms with Crippen LogP contribution < -0.4 is 4.90 Å². The van der Waals surface area contributed by atoms with Crippen molar-refractivity contribution in [3.05, 3.63) is 16.3 Å². The monoisotopic (exact) mass is 270 g/mol. The first-order valence-corrected chi connectivity index (χ1v) is 5.65. The predicted octanol–water partition coefficient (Wildman–Crippen LogP) is -0.294. The molecule has 0 amide bonds. The van der Waals surface area contributed by atoms with Gasteiger partial charge in [0.1, 0.15) is 6.20 Å². The second kappa shape index (κ2) is 5.22.